The lowest BCUT2D eigenvalue weighted by molar-refractivity contribution is -0.384. The van der Waals surface area contributed by atoms with E-state index in [1.54, 1.807) is 41.6 Å². The predicted octanol–water partition coefficient (Wildman–Crippen LogP) is 9.68. The van der Waals surface area contributed by atoms with Gasteiger partial charge in [-0.3, -0.25) is 19.8 Å². The highest BCUT2D eigenvalue weighted by Crippen LogP contribution is 2.79. The van der Waals surface area contributed by atoms with Crippen molar-refractivity contribution in [1.29, 1.82) is 0 Å². The summed E-state index contributed by atoms with van der Waals surface area (Å²) in [4.78, 5) is 37.1. The molecule has 4 saturated carbocycles. The number of nitro groups is 1. The largest absolute Gasteiger partial charge is 0.455 e. The molecule has 5 aliphatic carbocycles. The van der Waals surface area contributed by atoms with Crippen molar-refractivity contribution in [3.8, 4) is 11.5 Å². The summed E-state index contributed by atoms with van der Waals surface area (Å²) in [5, 5.41) is 15.7. The second kappa shape index (κ2) is 16.0. The summed E-state index contributed by atoms with van der Waals surface area (Å²) in [5.41, 5.74) is 4.24. The minimum Gasteiger partial charge on any atom is -0.455 e. The van der Waals surface area contributed by atoms with E-state index in [1.807, 2.05) is 6.07 Å². The number of aromatic nitrogens is 2. The van der Waals surface area contributed by atoms with E-state index >= 15 is 4.39 Å². The number of alkyl halides is 1. The highest BCUT2D eigenvalue weighted by molar-refractivity contribution is 7.90. The van der Waals surface area contributed by atoms with E-state index in [9.17, 15) is 23.3 Å². The molecule has 2 aromatic heterocycles. The maximum Gasteiger partial charge on any atom is 0.293 e. The molecule has 0 atom stereocenters. The molecule has 13 nitrogen and oxygen atoms in total. The number of H-pyrrole nitrogens is 1. The summed E-state index contributed by atoms with van der Waals surface area (Å²) in [6.07, 6.45) is 15.4. The Morgan fingerprint density at radius 3 is 2.48 bits per heavy atom. The molecule has 4 aromatic rings. The fourth-order valence-electron chi connectivity index (χ4n) is 11.1. The van der Waals surface area contributed by atoms with Gasteiger partial charge in [0.1, 0.15) is 28.5 Å². The Bertz CT molecular complexity index is 2520. The Morgan fingerprint density at radius 1 is 1.00 bits per heavy atom. The summed E-state index contributed by atoms with van der Waals surface area (Å²) in [6, 6.07) is 12.0. The standard InChI is InChI=1S/C47H58FN7O6S/c1-4-45-28-46(29-45,30-45)38-25-44(2,3)16-12-33(38)27-53-18-20-54(21-19-53)34-8-10-37(41(23-34)61-35-22-32-13-17-49-42(32)50-26-35)43(56)52-62(59,60)36-9-11-39(40(24-36)55(57)58)51-31-47(48)14-6-5-7-15-47/h8-11,13,17,22-24,26,51H,4-7,12,14-16,18-21,25,27-31H2,1-3H3,(H,49,50)(H,52,56). The first-order valence-electron chi connectivity index (χ1n) is 22.3. The number of nitrogens with one attached hydrogen (secondary N) is 3. The van der Waals surface area contributed by atoms with Crippen LogP contribution in [-0.4, -0.2) is 79.1 Å². The van der Waals surface area contributed by atoms with Gasteiger partial charge in [-0.25, -0.2) is 22.5 Å². The smallest absolute Gasteiger partial charge is 0.293 e. The number of anilines is 2. The summed E-state index contributed by atoms with van der Waals surface area (Å²) in [6.45, 7) is 11.4. The van der Waals surface area contributed by atoms with Gasteiger partial charge in [-0.15, -0.1) is 0 Å². The molecule has 10 rings (SSSR count). The average Bonchev–Trinajstić information content (AvgIpc) is 3.68. The first-order chi connectivity index (χ1) is 29.6. The number of fused-ring (bicyclic) bond motifs is 1. The van der Waals surface area contributed by atoms with E-state index in [2.05, 4.69) is 50.6 Å². The monoisotopic (exact) mass is 867 g/mol. The highest BCUT2D eigenvalue weighted by atomic mass is 32.2. The number of halogens is 1. The first-order valence-corrected chi connectivity index (χ1v) is 23.8. The molecule has 1 amide bonds. The third-order valence-electron chi connectivity index (χ3n) is 14.7. The third kappa shape index (κ3) is 8.29. The van der Waals surface area contributed by atoms with Gasteiger partial charge in [-0.1, -0.05) is 57.6 Å². The van der Waals surface area contributed by atoms with Crippen LogP contribution in [0.3, 0.4) is 0 Å². The van der Waals surface area contributed by atoms with Gasteiger partial charge in [-0.05, 0) is 104 Å². The van der Waals surface area contributed by atoms with Crippen molar-refractivity contribution < 1.29 is 27.3 Å². The van der Waals surface area contributed by atoms with Crippen LogP contribution in [0, 0.1) is 26.4 Å². The molecule has 62 heavy (non-hydrogen) atoms. The highest BCUT2D eigenvalue weighted by Gasteiger charge is 2.68. The maximum atomic E-state index is 15.3. The summed E-state index contributed by atoms with van der Waals surface area (Å²) in [7, 11) is -4.61. The second-order valence-corrected chi connectivity index (χ2v) is 21.3. The number of rotatable bonds is 14. The van der Waals surface area contributed by atoms with Crippen LogP contribution < -0.4 is 19.7 Å². The zero-order valence-electron chi connectivity index (χ0n) is 36.0. The van der Waals surface area contributed by atoms with Crippen LogP contribution in [0.15, 0.2) is 77.0 Å². The van der Waals surface area contributed by atoms with E-state index in [4.69, 9.17) is 4.74 Å². The Kier molecular flexibility index (Phi) is 10.9. The van der Waals surface area contributed by atoms with Gasteiger partial charge in [0.2, 0.25) is 0 Å². The third-order valence-corrected chi connectivity index (χ3v) is 16.1. The predicted molar refractivity (Wildman–Crippen MR) is 238 cm³/mol. The van der Waals surface area contributed by atoms with Crippen LogP contribution >= 0.6 is 0 Å². The lowest BCUT2D eigenvalue weighted by Gasteiger charge is -2.73. The zero-order chi connectivity index (χ0) is 43.5. The molecule has 1 aliphatic heterocycles. The van der Waals surface area contributed by atoms with Crippen molar-refractivity contribution in [3.05, 3.63) is 87.7 Å². The summed E-state index contributed by atoms with van der Waals surface area (Å²) >= 11 is 0. The molecule has 1 saturated heterocycles. The molecule has 2 bridgehead atoms. The van der Waals surface area contributed by atoms with Crippen molar-refractivity contribution in [3.63, 3.8) is 0 Å². The van der Waals surface area contributed by atoms with Crippen LogP contribution in [0.4, 0.5) is 21.5 Å². The summed E-state index contributed by atoms with van der Waals surface area (Å²) in [5.74, 6) is -0.487. The lowest BCUT2D eigenvalue weighted by atomic mass is 9.31. The minimum atomic E-state index is -4.61. The number of nitrogens with zero attached hydrogens (tertiary/aromatic N) is 4. The normalized spacial score (nSPS) is 24.5. The number of ether oxygens (including phenoxy) is 1. The maximum absolute atomic E-state index is 15.3. The molecule has 3 heterocycles. The molecule has 0 radical (unpaired) electrons. The number of pyridine rings is 1. The fourth-order valence-corrected chi connectivity index (χ4v) is 12.1. The molecule has 2 aromatic carbocycles. The molecule has 330 valence electrons. The molecule has 0 spiro atoms. The number of allylic oxidation sites excluding steroid dienone is 1. The van der Waals surface area contributed by atoms with Crippen LogP contribution in [0.5, 0.6) is 11.5 Å². The number of nitro benzene ring substituents is 1. The van der Waals surface area contributed by atoms with Gasteiger partial charge in [0, 0.05) is 68.7 Å². The fraction of sp³-hybridized carbons (Fsp3) is 0.532. The van der Waals surface area contributed by atoms with E-state index in [0.29, 0.717) is 40.5 Å². The van der Waals surface area contributed by atoms with Gasteiger partial charge >= 0.3 is 0 Å². The van der Waals surface area contributed by atoms with Crippen molar-refractivity contribution in [2.45, 2.75) is 108 Å². The quantitative estimate of drug-likeness (QED) is 0.0632. The van der Waals surface area contributed by atoms with Gasteiger partial charge in [0.05, 0.1) is 21.6 Å². The molecular formula is C47H58FN7O6S. The Labute approximate surface area is 363 Å². The molecule has 15 heteroatoms. The topological polar surface area (TPSA) is 163 Å². The Morgan fingerprint density at radius 2 is 1.76 bits per heavy atom. The molecule has 6 aliphatic rings. The van der Waals surface area contributed by atoms with Crippen molar-refractivity contribution >= 4 is 44.0 Å². The van der Waals surface area contributed by atoms with Gasteiger partial charge in [0.25, 0.3) is 21.6 Å². The second-order valence-electron chi connectivity index (χ2n) is 19.7. The van der Waals surface area contributed by atoms with Crippen molar-refractivity contribution in [2.75, 3.05) is 49.5 Å². The average molecular weight is 868 g/mol. The van der Waals surface area contributed by atoms with E-state index < -0.39 is 37.1 Å². The van der Waals surface area contributed by atoms with Gasteiger partial charge < -0.3 is 19.9 Å². The number of carbonyl (C=O) groups excluding carboxylic acids is 1. The number of hydrogen-bond acceptors (Lipinski definition) is 10. The number of amides is 1. The van der Waals surface area contributed by atoms with Crippen molar-refractivity contribution in [1.82, 2.24) is 19.6 Å². The Balaban J connectivity index is 0.921. The molecule has 3 N–H and O–H groups in total. The van der Waals surface area contributed by atoms with Crippen LogP contribution in [0.25, 0.3) is 11.0 Å². The number of aromatic amines is 1. The summed E-state index contributed by atoms with van der Waals surface area (Å²) < 4.78 is 51.1. The number of piperazine rings is 1. The minimum absolute atomic E-state index is 0.00230. The molecule has 5 fully saturated rings. The lowest BCUT2D eigenvalue weighted by Crippen LogP contribution is -2.63. The number of benzene rings is 2. The number of carbonyl (C=O) groups is 1. The van der Waals surface area contributed by atoms with E-state index in [0.717, 1.165) is 75.2 Å². The Hall–Kier alpha value is -5.02. The van der Waals surface area contributed by atoms with Crippen LogP contribution in [-0.2, 0) is 10.0 Å². The SMILES string of the molecule is CCC12CC(C3=C(CN4CCN(c5ccc(C(=O)NS(=O)(=O)c6ccc(NCC7(F)CCCCC7)c([N+](=O)[O-])c6)c(Oc6cnc7[nH]ccc7c6)c5)CC4)CCC(C)(C)C3)(C1)C2. The van der Waals surface area contributed by atoms with E-state index in [1.165, 1.54) is 57.2 Å². The van der Waals surface area contributed by atoms with E-state index in [-0.39, 0.29) is 23.5 Å². The molecular weight excluding hydrogens is 810 g/mol. The van der Waals surface area contributed by atoms with Crippen LogP contribution in [0.1, 0.15) is 108 Å². The first kappa shape index (κ1) is 42.3. The number of hydrogen-bond donors (Lipinski definition) is 3. The van der Waals surface area contributed by atoms with Gasteiger partial charge in [-0.2, -0.15) is 0 Å². The zero-order valence-corrected chi connectivity index (χ0v) is 36.8. The molecule has 0 unspecified atom stereocenters. The van der Waals surface area contributed by atoms with Crippen LogP contribution in [0.2, 0.25) is 0 Å². The number of sulfonamides is 1. The van der Waals surface area contributed by atoms with Crippen molar-refractivity contribution in [2.24, 2.45) is 16.2 Å². The van der Waals surface area contributed by atoms with Gasteiger partial charge in [0.15, 0.2) is 0 Å².